The monoisotopic (exact) mass is 257 g/mol. The number of benzene rings is 2. The van der Waals surface area contributed by atoms with E-state index < -0.39 is 0 Å². The minimum Gasteiger partial charge on any atom is -0.495 e. The number of aromatic amines is 1. The van der Waals surface area contributed by atoms with Gasteiger partial charge in [0.05, 0.1) is 18.3 Å². The molecule has 19 heavy (non-hydrogen) atoms. The Morgan fingerprint density at radius 3 is 2.84 bits per heavy atom. The molecule has 3 rings (SSSR count). The standard InChI is InChI=1S/C14H12FN3O/c1-19-13-7-12-10(6-11(13)16)14(18-17-12)8-3-2-4-9(15)5-8/h2-7H,16H2,1H3,(H,17,18). The van der Waals surface area contributed by atoms with E-state index in [9.17, 15) is 4.39 Å². The number of nitrogens with one attached hydrogen (secondary N) is 1. The fourth-order valence-corrected chi connectivity index (χ4v) is 2.09. The third-order valence-electron chi connectivity index (χ3n) is 3.01. The van der Waals surface area contributed by atoms with Crippen LogP contribution in [0.3, 0.4) is 0 Å². The van der Waals surface area contributed by atoms with Crippen molar-refractivity contribution in [3.8, 4) is 17.0 Å². The van der Waals surface area contributed by atoms with E-state index in [1.807, 2.05) is 0 Å². The average Bonchev–Trinajstić information content (AvgIpc) is 2.80. The van der Waals surface area contributed by atoms with Crippen molar-refractivity contribution in [1.82, 2.24) is 10.2 Å². The van der Waals surface area contributed by atoms with E-state index in [2.05, 4.69) is 10.2 Å². The molecule has 96 valence electrons. The molecule has 0 fully saturated rings. The maximum absolute atomic E-state index is 13.3. The van der Waals surface area contributed by atoms with Crippen LogP contribution in [0.1, 0.15) is 0 Å². The zero-order valence-corrected chi connectivity index (χ0v) is 10.3. The van der Waals surface area contributed by atoms with E-state index in [4.69, 9.17) is 10.5 Å². The van der Waals surface area contributed by atoms with Crippen molar-refractivity contribution in [1.29, 1.82) is 0 Å². The number of nitrogen functional groups attached to an aromatic ring is 1. The maximum Gasteiger partial charge on any atom is 0.143 e. The predicted molar refractivity (Wildman–Crippen MR) is 72.5 cm³/mol. The molecule has 3 aromatic rings. The molecule has 5 heteroatoms. The van der Waals surface area contributed by atoms with Crippen molar-refractivity contribution in [2.24, 2.45) is 0 Å². The lowest BCUT2D eigenvalue weighted by atomic mass is 10.1. The van der Waals surface area contributed by atoms with Crippen LogP contribution in [0.15, 0.2) is 36.4 Å². The minimum absolute atomic E-state index is 0.296. The summed E-state index contributed by atoms with van der Waals surface area (Å²) in [6.45, 7) is 0. The van der Waals surface area contributed by atoms with Crippen LogP contribution in [0, 0.1) is 5.82 Å². The van der Waals surface area contributed by atoms with Crippen molar-refractivity contribution in [2.75, 3.05) is 12.8 Å². The Morgan fingerprint density at radius 1 is 1.26 bits per heavy atom. The summed E-state index contributed by atoms with van der Waals surface area (Å²) in [6.07, 6.45) is 0. The maximum atomic E-state index is 13.3. The van der Waals surface area contributed by atoms with Gasteiger partial charge in [-0.1, -0.05) is 12.1 Å². The summed E-state index contributed by atoms with van der Waals surface area (Å²) in [5.74, 6) is 0.289. The first-order chi connectivity index (χ1) is 9.19. The molecule has 0 unspecified atom stereocenters. The fraction of sp³-hybridized carbons (Fsp3) is 0.0714. The van der Waals surface area contributed by atoms with Gasteiger partial charge in [0.1, 0.15) is 17.3 Å². The third-order valence-corrected chi connectivity index (χ3v) is 3.01. The van der Waals surface area contributed by atoms with Gasteiger partial charge in [0.15, 0.2) is 0 Å². The number of hydrogen-bond donors (Lipinski definition) is 2. The quantitative estimate of drug-likeness (QED) is 0.694. The largest absolute Gasteiger partial charge is 0.495 e. The third kappa shape index (κ3) is 1.89. The lowest BCUT2D eigenvalue weighted by Crippen LogP contribution is -1.91. The van der Waals surface area contributed by atoms with E-state index in [1.165, 1.54) is 12.1 Å². The van der Waals surface area contributed by atoms with Gasteiger partial charge in [-0.3, -0.25) is 5.10 Å². The Balaban J connectivity index is 2.23. The molecule has 0 aliphatic rings. The minimum atomic E-state index is -0.296. The Hall–Kier alpha value is -2.56. The molecule has 0 aliphatic carbocycles. The molecule has 0 bridgehead atoms. The summed E-state index contributed by atoms with van der Waals surface area (Å²) in [4.78, 5) is 0. The summed E-state index contributed by atoms with van der Waals surface area (Å²) in [5, 5.41) is 7.96. The van der Waals surface area contributed by atoms with Gasteiger partial charge in [-0.25, -0.2) is 4.39 Å². The van der Waals surface area contributed by atoms with Crippen LogP contribution in [0.4, 0.5) is 10.1 Å². The molecule has 0 saturated heterocycles. The van der Waals surface area contributed by atoms with Crippen LogP contribution < -0.4 is 10.5 Å². The topological polar surface area (TPSA) is 63.9 Å². The van der Waals surface area contributed by atoms with Gasteiger partial charge in [0, 0.05) is 17.0 Å². The van der Waals surface area contributed by atoms with Gasteiger partial charge in [-0.2, -0.15) is 5.10 Å². The number of rotatable bonds is 2. The lowest BCUT2D eigenvalue weighted by Gasteiger charge is -2.04. The van der Waals surface area contributed by atoms with Gasteiger partial charge in [-0.05, 0) is 18.2 Å². The van der Waals surface area contributed by atoms with Crippen molar-refractivity contribution in [3.63, 3.8) is 0 Å². The predicted octanol–water partition coefficient (Wildman–Crippen LogP) is 2.96. The molecule has 0 spiro atoms. The molecule has 3 N–H and O–H groups in total. The summed E-state index contributed by atoms with van der Waals surface area (Å²) in [6, 6.07) is 9.85. The highest BCUT2D eigenvalue weighted by molar-refractivity contribution is 5.96. The number of H-pyrrole nitrogens is 1. The zero-order chi connectivity index (χ0) is 13.4. The fourth-order valence-electron chi connectivity index (χ4n) is 2.09. The first-order valence-corrected chi connectivity index (χ1v) is 5.76. The Kier molecular flexibility index (Phi) is 2.59. The second-order valence-corrected chi connectivity index (χ2v) is 4.22. The van der Waals surface area contributed by atoms with Crippen LogP contribution in [-0.2, 0) is 0 Å². The highest BCUT2D eigenvalue weighted by Gasteiger charge is 2.11. The lowest BCUT2D eigenvalue weighted by molar-refractivity contribution is 0.417. The van der Waals surface area contributed by atoms with Gasteiger partial charge in [0.25, 0.3) is 0 Å². The molecular weight excluding hydrogens is 245 g/mol. The molecule has 0 radical (unpaired) electrons. The van der Waals surface area contributed by atoms with Crippen molar-refractivity contribution < 1.29 is 9.13 Å². The van der Waals surface area contributed by atoms with Crippen molar-refractivity contribution >= 4 is 16.6 Å². The number of ether oxygens (including phenoxy) is 1. The number of aromatic nitrogens is 2. The molecule has 4 nitrogen and oxygen atoms in total. The van der Waals surface area contributed by atoms with Crippen LogP contribution >= 0.6 is 0 Å². The number of nitrogens with zero attached hydrogens (tertiary/aromatic N) is 1. The zero-order valence-electron chi connectivity index (χ0n) is 10.3. The highest BCUT2D eigenvalue weighted by Crippen LogP contribution is 2.32. The average molecular weight is 257 g/mol. The molecule has 1 aromatic heterocycles. The summed E-state index contributed by atoms with van der Waals surface area (Å²) in [5.41, 5.74) is 8.59. The number of fused-ring (bicyclic) bond motifs is 1. The van der Waals surface area contributed by atoms with Gasteiger partial charge >= 0.3 is 0 Å². The van der Waals surface area contributed by atoms with Crippen LogP contribution in [0.5, 0.6) is 5.75 Å². The molecule has 2 aromatic carbocycles. The van der Waals surface area contributed by atoms with E-state index in [1.54, 1.807) is 31.4 Å². The Bertz CT molecular complexity index is 752. The summed E-state index contributed by atoms with van der Waals surface area (Å²) in [7, 11) is 1.56. The second-order valence-electron chi connectivity index (χ2n) is 4.22. The van der Waals surface area contributed by atoms with Crippen LogP contribution in [0.25, 0.3) is 22.2 Å². The molecule has 0 aliphatic heterocycles. The molecular formula is C14H12FN3O. The van der Waals surface area contributed by atoms with Gasteiger partial charge in [0.2, 0.25) is 0 Å². The number of anilines is 1. The van der Waals surface area contributed by atoms with Gasteiger partial charge in [-0.15, -0.1) is 0 Å². The summed E-state index contributed by atoms with van der Waals surface area (Å²) >= 11 is 0. The number of methoxy groups -OCH3 is 1. The molecule has 1 heterocycles. The smallest absolute Gasteiger partial charge is 0.143 e. The molecule has 0 amide bonds. The molecule has 0 atom stereocenters. The Morgan fingerprint density at radius 2 is 2.11 bits per heavy atom. The molecule has 0 saturated carbocycles. The summed E-state index contributed by atoms with van der Waals surface area (Å²) < 4.78 is 18.4. The number of nitrogens with two attached hydrogens (primary N) is 1. The first kappa shape index (κ1) is 11.5. The normalized spacial score (nSPS) is 10.8. The first-order valence-electron chi connectivity index (χ1n) is 5.76. The highest BCUT2D eigenvalue weighted by atomic mass is 19.1. The SMILES string of the molecule is COc1cc2[nH]nc(-c3cccc(F)c3)c2cc1N. The van der Waals surface area contributed by atoms with Crippen LogP contribution in [-0.4, -0.2) is 17.3 Å². The van der Waals surface area contributed by atoms with Crippen LogP contribution in [0.2, 0.25) is 0 Å². The second kappa shape index (κ2) is 4.28. The van der Waals surface area contributed by atoms with E-state index >= 15 is 0 Å². The van der Waals surface area contributed by atoms with E-state index in [0.29, 0.717) is 22.7 Å². The van der Waals surface area contributed by atoms with Gasteiger partial charge < -0.3 is 10.5 Å². The van der Waals surface area contributed by atoms with E-state index in [0.717, 1.165) is 10.9 Å². The number of hydrogen-bond acceptors (Lipinski definition) is 3. The van der Waals surface area contributed by atoms with Crippen molar-refractivity contribution in [2.45, 2.75) is 0 Å². The van der Waals surface area contributed by atoms with E-state index in [-0.39, 0.29) is 5.82 Å². The van der Waals surface area contributed by atoms with Crippen molar-refractivity contribution in [3.05, 3.63) is 42.2 Å². The Labute approximate surface area is 109 Å². The number of halogens is 1.